The van der Waals surface area contributed by atoms with E-state index in [2.05, 4.69) is 4.74 Å². The fourth-order valence-corrected chi connectivity index (χ4v) is 2.02. The van der Waals surface area contributed by atoms with Crippen molar-refractivity contribution in [3.8, 4) is 0 Å². The number of esters is 2. The first kappa shape index (κ1) is 13.4. The second kappa shape index (κ2) is 5.13. The molecule has 1 aromatic rings. The van der Waals surface area contributed by atoms with E-state index in [1.54, 1.807) is 6.07 Å². The quantitative estimate of drug-likeness (QED) is 0.379. The van der Waals surface area contributed by atoms with E-state index in [1.165, 1.54) is 0 Å². The summed E-state index contributed by atoms with van der Waals surface area (Å²) in [5.74, 6) is -1.02. The van der Waals surface area contributed by atoms with Gasteiger partial charge < -0.3 is 6.16 Å². The first-order valence-corrected chi connectivity index (χ1v) is 5.10. The summed E-state index contributed by atoms with van der Waals surface area (Å²) in [5.41, 5.74) is 2.95. The van der Waals surface area contributed by atoms with Gasteiger partial charge in [0.05, 0.1) is 11.1 Å². The SMILES string of the molecule is CCc1ccc2c(c1CC)C(=O)OC2=O.[H-].[Na+]. The minimum absolute atomic E-state index is 0. The van der Waals surface area contributed by atoms with Crippen LogP contribution in [0.5, 0.6) is 0 Å². The van der Waals surface area contributed by atoms with Crippen molar-refractivity contribution in [2.45, 2.75) is 26.7 Å². The summed E-state index contributed by atoms with van der Waals surface area (Å²) in [5, 5.41) is 0. The van der Waals surface area contributed by atoms with Crippen LogP contribution >= 0.6 is 0 Å². The fourth-order valence-electron chi connectivity index (χ4n) is 2.02. The third-order valence-electron chi connectivity index (χ3n) is 2.75. The van der Waals surface area contributed by atoms with E-state index in [0.717, 1.165) is 24.0 Å². The van der Waals surface area contributed by atoms with Gasteiger partial charge in [0.25, 0.3) is 0 Å². The molecule has 4 heteroatoms. The van der Waals surface area contributed by atoms with Crippen LogP contribution in [0.3, 0.4) is 0 Å². The predicted octanol–water partition coefficient (Wildman–Crippen LogP) is -0.761. The molecule has 0 saturated heterocycles. The molecule has 0 aliphatic carbocycles. The van der Waals surface area contributed by atoms with Gasteiger partial charge in [-0.15, -0.1) is 0 Å². The van der Waals surface area contributed by atoms with Crippen molar-refractivity contribution in [1.29, 1.82) is 0 Å². The Labute approximate surface area is 118 Å². The molecule has 1 heterocycles. The third-order valence-corrected chi connectivity index (χ3v) is 2.75. The Balaban J connectivity index is 0.00000128. The van der Waals surface area contributed by atoms with E-state index in [9.17, 15) is 9.59 Å². The summed E-state index contributed by atoms with van der Waals surface area (Å²) in [4.78, 5) is 22.8. The molecule has 1 aromatic carbocycles. The first-order valence-electron chi connectivity index (χ1n) is 5.10. The maximum Gasteiger partial charge on any atom is 1.00 e. The summed E-state index contributed by atoms with van der Waals surface area (Å²) in [6.07, 6.45) is 1.60. The predicted molar refractivity (Wildman–Crippen MR) is 56.1 cm³/mol. The molecule has 0 aromatic heterocycles. The Morgan fingerprint density at radius 2 is 1.81 bits per heavy atom. The largest absolute Gasteiger partial charge is 1.00 e. The molecule has 3 nitrogen and oxygen atoms in total. The molecule has 80 valence electrons. The van der Waals surface area contributed by atoms with Gasteiger partial charge in [0.1, 0.15) is 0 Å². The van der Waals surface area contributed by atoms with Crippen LogP contribution in [0.15, 0.2) is 12.1 Å². The van der Waals surface area contributed by atoms with Crippen molar-refractivity contribution in [2.75, 3.05) is 0 Å². The van der Waals surface area contributed by atoms with Crippen LogP contribution in [0.25, 0.3) is 0 Å². The first-order chi connectivity index (χ1) is 7.19. The zero-order valence-corrected chi connectivity index (χ0v) is 11.8. The summed E-state index contributed by atoms with van der Waals surface area (Å²) in [6, 6.07) is 3.58. The Morgan fingerprint density at radius 1 is 1.12 bits per heavy atom. The molecule has 2 rings (SSSR count). The van der Waals surface area contributed by atoms with E-state index >= 15 is 0 Å². The van der Waals surface area contributed by atoms with Gasteiger partial charge in [-0.3, -0.25) is 0 Å². The Bertz CT molecular complexity index is 457. The number of ether oxygens (including phenoxy) is 1. The zero-order valence-electron chi connectivity index (χ0n) is 10.8. The monoisotopic (exact) mass is 228 g/mol. The third kappa shape index (κ3) is 1.95. The minimum atomic E-state index is -0.521. The van der Waals surface area contributed by atoms with Crippen molar-refractivity contribution in [1.82, 2.24) is 0 Å². The molecule has 0 amide bonds. The molecule has 1 aliphatic rings. The van der Waals surface area contributed by atoms with Crippen molar-refractivity contribution < 1.29 is 45.3 Å². The summed E-state index contributed by atoms with van der Waals surface area (Å²) >= 11 is 0. The number of hydrogen-bond acceptors (Lipinski definition) is 3. The van der Waals surface area contributed by atoms with Crippen LogP contribution in [-0.4, -0.2) is 11.9 Å². The standard InChI is InChI=1S/C12H12O3.Na.H/c1-3-7-5-6-9-10(8(7)4-2)12(14)15-11(9)13;;/h5-6H,3-4H2,1-2H3;;/q;+1;-1. The van der Waals surface area contributed by atoms with E-state index in [-0.39, 0.29) is 31.0 Å². The second-order valence-electron chi connectivity index (χ2n) is 3.51. The molecule has 16 heavy (non-hydrogen) atoms. The van der Waals surface area contributed by atoms with Crippen LogP contribution in [0.2, 0.25) is 0 Å². The molecular formula is C12H13NaO3. The molecule has 0 spiro atoms. The van der Waals surface area contributed by atoms with Gasteiger partial charge in [-0.1, -0.05) is 19.9 Å². The molecule has 0 N–H and O–H groups in total. The van der Waals surface area contributed by atoms with Gasteiger partial charge in [0.2, 0.25) is 0 Å². The van der Waals surface area contributed by atoms with E-state index < -0.39 is 11.9 Å². The molecular weight excluding hydrogens is 215 g/mol. The van der Waals surface area contributed by atoms with Crippen LogP contribution < -0.4 is 29.6 Å². The van der Waals surface area contributed by atoms with E-state index in [4.69, 9.17) is 0 Å². The average molecular weight is 228 g/mol. The van der Waals surface area contributed by atoms with Gasteiger partial charge in [-0.05, 0) is 30.0 Å². The number of cyclic esters (lactones) is 2. The van der Waals surface area contributed by atoms with Gasteiger partial charge in [0.15, 0.2) is 0 Å². The van der Waals surface area contributed by atoms with Gasteiger partial charge >= 0.3 is 41.5 Å². The maximum absolute atomic E-state index is 11.5. The van der Waals surface area contributed by atoms with Gasteiger partial charge in [0, 0.05) is 0 Å². The number of rotatable bonds is 2. The van der Waals surface area contributed by atoms with Crippen molar-refractivity contribution in [3.05, 3.63) is 34.4 Å². The smallest absolute Gasteiger partial charge is 1.00 e. The van der Waals surface area contributed by atoms with Crippen LogP contribution in [0, 0.1) is 0 Å². The van der Waals surface area contributed by atoms with Crippen molar-refractivity contribution in [2.24, 2.45) is 0 Å². The Hall–Kier alpha value is -0.640. The van der Waals surface area contributed by atoms with Crippen LogP contribution in [0.1, 0.15) is 47.1 Å². The van der Waals surface area contributed by atoms with E-state index in [1.807, 2.05) is 19.9 Å². The Kier molecular flexibility index (Phi) is 4.30. The van der Waals surface area contributed by atoms with Gasteiger partial charge in [-0.25, -0.2) is 9.59 Å². The molecule has 0 atom stereocenters. The second-order valence-corrected chi connectivity index (χ2v) is 3.51. The van der Waals surface area contributed by atoms with Crippen molar-refractivity contribution >= 4 is 11.9 Å². The van der Waals surface area contributed by atoms with E-state index in [0.29, 0.717) is 11.1 Å². The molecule has 0 bridgehead atoms. The maximum atomic E-state index is 11.5. The number of fused-ring (bicyclic) bond motifs is 1. The van der Waals surface area contributed by atoms with Crippen molar-refractivity contribution in [3.63, 3.8) is 0 Å². The molecule has 0 radical (unpaired) electrons. The topological polar surface area (TPSA) is 43.4 Å². The molecule has 0 saturated carbocycles. The number of carbonyl (C=O) groups excluding carboxylic acids is 2. The Morgan fingerprint density at radius 3 is 2.38 bits per heavy atom. The van der Waals surface area contributed by atoms with Crippen LogP contribution in [-0.2, 0) is 17.6 Å². The summed E-state index contributed by atoms with van der Waals surface area (Å²) < 4.78 is 4.60. The summed E-state index contributed by atoms with van der Waals surface area (Å²) in [6.45, 7) is 4.01. The zero-order chi connectivity index (χ0) is 11.0. The van der Waals surface area contributed by atoms with Crippen LogP contribution in [0.4, 0.5) is 0 Å². The molecule has 1 aliphatic heterocycles. The molecule has 0 fully saturated rings. The fraction of sp³-hybridized carbons (Fsp3) is 0.333. The van der Waals surface area contributed by atoms with Gasteiger partial charge in [-0.2, -0.15) is 0 Å². The average Bonchev–Trinajstić information content (AvgIpc) is 2.53. The minimum Gasteiger partial charge on any atom is -1.00 e. The normalized spacial score (nSPS) is 13.1. The number of aryl methyl sites for hydroxylation is 1. The number of carbonyl (C=O) groups is 2. The number of benzene rings is 1. The molecule has 0 unspecified atom stereocenters. The number of hydrogen-bond donors (Lipinski definition) is 0. The summed E-state index contributed by atoms with van der Waals surface area (Å²) in [7, 11) is 0.